The van der Waals surface area contributed by atoms with Crippen molar-refractivity contribution >= 4 is 46.4 Å². The van der Waals surface area contributed by atoms with Gasteiger partial charge in [-0.3, -0.25) is 19.0 Å². The number of carbonyl (C=O) groups excluding carboxylic acids is 2. The molecule has 0 aliphatic carbocycles. The van der Waals surface area contributed by atoms with Crippen LogP contribution in [0.15, 0.2) is 59.5 Å². The second-order valence-corrected chi connectivity index (χ2v) is 10.3. The average Bonchev–Trinajstić information content (AvgIpc) is 3.28. The summed E-state index contributed by atoms with van der Waals surface area (Å²) in [5.74, 6) is -0.208. The van der Waals surface area contributed by atoms with Crippen molar-refractivity contribution in [2.24, 2.45) is 5.92 Å². The molecule has 190 valence electrons. The smallest absolute Gasteiger partial charge is 0.261 e. The predicted octanol–water partition coefficient (Wildman–Crippen LogP) is 4.98. The SMILES string of the molecule is CC(C)CC(=O)Nc1cnn2c3c(c(=O)n(-c4ccccc4)c12)CCN(C(=O)c1ccc(Cl)c(Cl)c1)C3. The van der Waals surface area contributed by atoms with Crippen LogP contribution in [-0.4, -0.2) is 37.4 Å². The number of rotatable bonds is 5. The highest BCUT2D eigenvalue weighted by atomic mass is 35.5. The van der Waals surface area contributed by atoms with Gasteiger partial charge in [-0.1, -0.05) is 55.2 Å². The van der Waals surface area contributed by atoms with E-state index in [0.717, 1.165) is 0 Å². The topological polar surface area (TPSA) is 88.7 Å². The van der Waals surface area contributed by atoms with E-state index in [2.05, 4.69) is 10.4 Å². The molecule has 2 aromatic carbocycles. The summed E-state index contributed by atoms with van der Waals surface area (Å²) in [5.41, 5.74) is 2.94. The fourth-order valence-corrected chi connectivity index (χ4v) is 4.92. The molecule has 0 unspecified atom stereocenters. The van der Waals surface area contributed by atoms with Crippen LogP contribution in [0.3, 0.4) is 0 Å². The number of para-hydroxylation sites is 1. The van der Waals surface area contributed by atoms with Crippen molar-refractivity contribution in [3.05, 3.63) is 91.9 Å². The molecule has 2 amide bonds. The van der Waals surface area contributed by atoms with Crippen LogP contribution in [0.1, 0.15) is 41.9 Å². The minimum absolute atomic E-state index is 0.161. The zero-order valence-electron chi connectivity index (χ0n) is 20.4. The standard InChI is InChI=1S/C27H25Cl2N5O3/c1-16(2)12-24(35)31-22-14-30-34-23-15-32(26(36)17-8-9-20(28)21(29)13-17)11-10-19(23)27(37)33(25(22)34)18-6-4-3-5-7-18/h3-9,13-14,16H,10-12,15H2,1-2H3,(H,31,35). The molecule has 3 heterocycles. The molecule has 4 aromatic rings. The number of nitrogens with zero attached hydrogens (tertiary/aromatic N) is 4. The van der Waals surface area contributed by atoms with Gasteiger partial charge in [0.2, 0.25) is 5.91 Å². The van der Waals surface area contributed by atoms with E-state index in [1.54, 1.807) is 38.4 Å². The van der Waals surface area contributed by atoms with Gasteiger partial charge >= 0.3 is 0 Å². The molecule has 0 radical (unpaired) electrons. The fourth-order valence-electron chi connectivity index (χ4n) is 4.62. The van der Waals surface area contributed by atoms with Gasteiger partial charge in [0.15, 0.2) is 5.65 Å². The van der Waals surface area contributed by atoms with Gasteiger partial charge in [-0.25, -0.2) is 4.52 Å². The van der Waals surface area contributed by atoms with Crippen LogP contribution in [0, 0.1) is 5.92 Å². The van der Waals surface area contributed by atoms with E-state index in [1.165, 1.54) is 0 Å². The van der Waals surface area contributed by atoms with E-state index in [1.807, 2.05) is 44.2 Å². The van der Waals surface area contributed by atoms with Crippen LogP contribution < -0.4 is 10.9 Å². The number of benzene rings is 2. The first kappa shape index (κ1) is 25.0. The van der Waals surface area contributed by atoms with E-state index in [9.17, 15) is 14.4 Å². The maximum absolute atomic E-state index is 13.8. The number of carbonyl (C=O) groups is 2. The van der Waals surface area contributed by atoms with Crippen LogP contribution in [0.5, 0.6) is 0 Å². The maximum atomic E-state index is 13.8. The molecular weight excluding hydrogens is 513 g/mol. The molecule has 1 N–H and O–H groups in total. The lowest BCUT2D eigenvalue weighted by molar-refractivity contribution is -0.116. The average molecular weight is 538 g/mol. The van der Waals surface area contributed by atoms with Gasteiger partial charge in [0.05, 0.1) is 34.2 Å². The van der Waals surface area contributed by atoms with Crippen molar-refractivity contribution < 1.29 is 9.59 Å². The number of aromatic nitrogens is 3. The summed E-state index contributed by atoms with van der Waals surface area (Å²) in [6.07, 6.45) is 2.25. The van der Waals surface area contributed by atoms with Crippen molar-refractivity contribution in [2.45, 2.75) is 33.2 Å². The molecule has 0 saturated carbocycles. The summed E-state index contributed by atoms with van der Waals surface area (Å²) in [6.45, 7) is 4.47. The Morgan fingerprint density at radius 2 is 1.84 bits per heavy atom. The number of nitrogens with one attached hydrogen (secondary N) is 1. The Bertz CT molecular complexity index is 1580. The molecule has 10 heteroatoms. The van der Waals surface area contributed by atoms with Crippen molar-refractivity contribution in [3.63, 3.8) is 0 Å². The Morgan fingerprint density at radius 1 is 1.08 bits per heavy atom. The van der Waals surface area contributed by atoms with E-state index in [4.69, 9.17) is 23.2 Å². The van der Waals surface area contributed by atoms with Crippen molar-refractivity contribution in [1.29, 1.82) is 0 Å². The van der Waals surface area contributed by atoms with Crippen molar-refractivity contribution in [2.75, 3.05) is 11.9 Å². The third-order valence-corrected chi connectivity index (χ3v) is 7.07. The largest absolute Gasteiger partial charge is 0.332 e. The Labute approximate surface area is 223 Å². The second-order valence-electron chi connectivity index (χ2n) is 9.45. The lowest BCUT2D eigenvalue weighted by Gasteiger charge is -2.29. The molecule has 2 aromatic heterocycles. The molecule has 0 saturated heterocycles. The summed E-state index contributed by atoms with van der Waals surface area (Å²) in [5, 5.41) is 8.14. The van der Waals surface area contributed by atoms with E-state index >= 15 is 0 Å². The van der Waals surface area contributed by atoms with Gasteiger partial charge < -0.3 is 10.2 Å². The predicted molar refractivity (Wildman–Crippen MR) is 144 cm³/mol. The summed E-state index contributed by atoms with van der Waals surface area (Å²) < 4.78 is 3.23. The second kappa shape index (κ2) is 10.0. The first-order chi connectivity index (χ1) is 17.7. The number of hydrogen-bond donors (Lipinski definition) is 1. The fraction of sp³-hybridized carbons (Fsp3) is 0.259. The molecule has 0 bridgehead atoms. The Kier molecular flexibility index (Phi) is 6.79. The van der Waals surface area contributed by atoms with Crippen LogP contribution in [0.2, 0.25) is 10.0 Å². The number of halogens is 2. The maximum Gasteiger partial charge on any atom is 0.261 e. The molecule has 8 nitrogen and oxygen atoms in total. The highest BCUT2D eigenvalue weighted by Crippen LogP contribution is 2.27. The lowest BCUT2D eigenvalue weighted by atomic mass is 10.0. The number of anilines is 1. The minimum Gasteiger partial charge on any atom is -0.332 e. The van der Waals surface area contributed by atoms with E-state index in [-0.39, 0.29) is 29.8 Å². The molecule has 0 spiro atoms. The van der Waals surface area contributed by atoms with Crippen LogP contribution >= 0.6 is 23.2 Å². The quantitative estimate of drug-likeness (QED) is 0.389. The minimum atomic E-state index is -0.220. The normalized spacial score (nSPS) is 13.2. The van der Waals surface area contributed by atoms with Crippen molar-refractivity contribution in [1.82, 2.24) is 19.1 Å². The summed E-state index contributed by atoms with van der Waals surface area (Å²) in [6, 6.07) is 14.0. The Balaban J connectivity index is 1.62. The van der Waals surface area contributed by atoms with Gasteiger partial charge in [-0.05, 0) is 42.7 Å². The van der Waals surface area contributed by atoms with Crippen LogP contribution in [-0.2, 0) is 17.8 Å². The molecule has 5 rings (SSSR count). The van der Waals surface area contributed by atoms with Crippen LogP contribution in [0.4, 0.5) is 5.69 Å². The third-order valence-electron chi connectivity index (χ3n) is 6.33. The molecule has 1 aliphatic heterocycles. The summed E-state index contributed by atoms with van der Waals surface area (Å²) in [7, 11) is 0. The monoisotopic (exact) mass is 537 g/mol. The van der Waals surface area contributed by atoms with Crippen LogP contribution in [0.25, 0.3) is 11.3 Å². The van der Waals surface area contributed by atoms with Gasteiger partial charge in [0.1, 0.15) is 5.69 Å². The summed E-state index contributed by atoms with van der Waals surface area (Å²) >= 11 is 12.1. The molecule has 0 fully saturated rings. The lowest BCUT2D eigenvalue weighted by Crippen LogP contribution is -2.41. The van der Waals surface area contributed by atoms with E-state index < -0.39 is 0 Å². The molecular formula is C27H25Cl2N5O3. The Morgan fingerprint density at radius 3 is 2.54 bits per heavy atom. The first-order valence-corrected chi connectivity index (χ1v) is 12.7. The van der Waals surface area contributed by atoms with Crippen molar-refractivity contribution in [3.8, 4) is 5.69 Å². The zero-order valence-corrected chi connectivity index (χ0v) is 21.9. The third kappa shape index (κ3) is 4.74. The highest BCUT2D eigenvalue weighted by Gasteiger charge is 2.29. The van der Waals surface area contributed by atoms with Gasteiger partial charge in [-0.2, -0.15) is 5.10 Å². The molecule has 1 aliphatic rings. The van der Waals surface area contributed by atoms with Gasteiger partial charge in [0, 0.05) is 24.1 Å². The number of amides is 2. The number of hydrogen-bond acceptors (Lipinski definition) is 4. The van der Waals surface area contributed by atoms with Gasteiger partial charge in [-0.15, -0.1) is 0 Å². The molecule has 37 heavy (non-hydrogen) atoms. The number of fused-ring (bicyclic) bond motifs is 3. The first-order valence-electron chi connectivity index (χ1n) is 12.0. The molecule has 0 atom stereocenters. The summed E-state index contributed by atoms with van der Waals surface area (Å²) in [4.78, 5) is 41.4. The highest BCUT2D eigenvalue weighted by molar-refractivity contribution is 6.42. The Hall–Kier alpha value is -3.62. The van der Waals surface area contributed by atoms with Gasteiger partial charge in [0.25, 0.3) is 11.5 Å². The van der Waals surface area contributed by atoms with E-state index in [0.29, 0.717) is 63.3 Å². The zero-order chi connectivity index (χ0) is 26.3.